The number of aliphatic hydroxyl groups is 1. The van der Waals surface area contributed by atoms with E-state index >= 15 is 0 Å². The van der Waals surface area contributed by atoms with Crippen LogP contribution in [0.3, 0.4) is 0 Å². The Morgan fingerprint density at radius 1 is 0.950 bits per heavy atom. The van der Waals surface area contributed by atoms with Crippen molar-refractivity contribution >= 4 is 23.2 Å². The molecule has 0 fully saturated rings. The molecule has 2 aromatic rings. The summed E-state index contributed by atoms with van der Waals surface area (Å²) in [6.07, 6.45) is -0.856. The predicted octanol–water partition coefficient (Wildman–Crippen LogP) is 4.09. The van der Waals surface area contributed by atoms with Crippen molar-refractivity contribution in [3.05, 3.63) is 57.6 Å². The van der Waals surface area contributed by atoms with Gasteiger partial charge < -0.3 is 14.6 Å². The molecule has 5 heteroatoms. The fourth-order valence-electron chi connectivity index (χ4n) is 1.94. The quantitative estimate of drug-likeness (QED) is 0.924. The zero-order chi connectivity index (χ0) is 14.7. The number of methoxy groups -OCH3 is 2. The van der Waals surface area contributed by atoms with Crippen LogP contribution in [0.4, 0.5) is 0 Å². The largest absolute Gasteiger partial charge is 0.496 e. The molecular formula is C15H14Cl2O3. The number of aliphatic hydroxyl groups excluding tert-OH is 1. The van der Waals surface area contributed by atoms with Gasteiger partial charge in [-0.15, -0.1) is 0 Å². The van der Waals surface area contributed by atoms with Crippen molar-refractivity contribution in [2.24, 2.45) is 0 Å². The molecule has 0 aliphatic carbocycles. The molecule has 0 aliphatic heterocycles. The molecule has 0 radical (unpaired) electrons. The molecule has 20 heavy (non-hydrogen) atoms. The Morgan fingerprint density at radius 2 is 1.65 bits per heavy atom. The van der Waals surface area contributed by atoms with Gasteiger partial charge in [-0.25, -0.2) is 0 Å². The number of hydrogen-bond donors (Lipinski definition) is 1. The van der Waals surface area contributed by atoms with E-state index in [-0.39, 0.29) is 0 Å². The van der Waals surface area contributed by atoms with Gasteiger partial charge in [-0.3, -0.25) is 0 Å². The summed E-state index contributed by atoms with van der Waals surface area (Å²) in [5, 5.41) is 11.4. The van der Waals surface area contributed by atoms with Crippen molar-refractivity contribution < 1.29 is 14.6 Å². The lowest BCUT2D eigenvalue weighted by Crippen LogP contribution is -2.02. The van der Waals surface area contributed by atoms with Gasteiger partial charge in [0, 0.05) is 10.6 Å². The Morgan fingerprint density at radius 3 is 2.25 bits per heavy atom. The molecule has 0 saturated heterocycles. The minimum Gasteiger partial charge on any atom is -0.496 e. The lowest BCUT2D eigenvalue weighted by molar-refractivity contribution is 0.214. The normalized spacial score (nSPS) is 12.1. The highest BCUT2D eigenvalue weighted by Crippen LogP contribution is 2.35. The minimum absolute atomic E-state index is 0.442. The third kappa shape index (κ3) is 3.01. The first-order chi connectivity index (χ1) is 9.56. The fraction of sp³-hybridized carbons (Fsp3) is 0.200. The van der Waals surface area contributed by atoms with E-state index in [9.17, 15) is 5.11 Å². The van der Waals surface area contributed by atoms with Gasteiger partial charge in [-0.2, -0.15) is 0 Å². The summed E-state index contributed by atoms with van der Waals surface area (Å²) >= 11 is 12.0. The number of rotatable bonds is 4. The SMILES string of the molecule is COc1ccc(C(O)c2ccc(Cl)cc2OC)cc1Cl. The Labute approximate surface area is 127 Å². The zero-order valence-corrected chi connectivity index (χ0v) is 12.6. The lowest BCUT2D eigenvalue weighted by Gasteiger charge is -2.16. The maximum absolute atomic E-state index is 10.5. The van der Waals surface area contributed by atoms with Crippen LogP contribution in [-0.4, -0.2) is 19.3 Å². The second-order valence-electron chi connectivity index (χ2n) is 4.18. The number of benzene rings is 2. The summed E-state index contributed by atoms with van der Waals surface area (Å²) in [5.74, 6) is 1.09. The van der Waals surface area contributed by atoms with E-state index in [1.165, 1.54) is 7.11 Å². The minimum atomic E-state index is -0.856. The molecule has 0 aromatic heterocycles. The molecule has 106 valence electrons. The Hall–Kier alpha value is -1.42. The lowest BCUT2D eigenvalue weighted by atomic mass is 10.0. The average Bonchev–Trinajstić information content (AvgIpc) is 2.46. The van der Waals surface area contributed by atoms with Crippen LogP contribution in [0.2, 0.25) is 10.0 Å². The summed E-state index contributed by atoms with van der Waals surface area (Å²) < 4.78 is 10.3. The molecule has 0 spiro atoms. The molecule has 1 atom stereocenters. The maximum atomic E-state index is 10.5. The highest BCUT2D eigenvalue weighted by atomic mass is 35.5. The van der Waals surface area contributed by atoms with Crippen LogP contribution < -0.4 is 9.47 Å². The van der Waals surface area contributed by atoms with Gasteiger partial charge in [0.2, 0.25) is 0 Å². The van der Waals surface area contributed by atoms with Crippen molar-refractivity contribution in [1.29, 1.82) is 0 Å². The van der Waals surface area contributed by atoms with Crippen LogP contribution in [-0.2, 0) is 0 Å². The van der Waals surface area contributed by atoms with E-state index < -0.39 is 6.10 Å². The van der Waals surface area contributed by atoms with E-state index in [4.69, 9.17) is 32.7 Å². The third-order valence-electron chi connectivity index (χ3n) is 2.98. The van der Waals surface area contributed by atoms with Crippen molar-refractivity contribution in [2.45, 2.75) is 6.10 Å². The molecule has 1 unspecified atom stereocenters. The van der Waals surface area contributed by atoms with Crippen LogP contribution in [0.15, 0.2) is 36.4 Å². The van der Waals surface area contributed by atoms with Gasteiger partial charge in [0.15, 0.2) is 0 Å². The number of halogens is 2. The highest BCUT2D eigenvalue weighted by molar-refractivity contribution is 6.32. The van der Waals surface area contributed by atoms with Crippen LogP contribution >= 0.6 is 23.2 Å². The molecule has 0 heterocycles. The van der Waals surface area contributed by atoms with Gasteiger partial charge >= 0.3 is 0 Å². The monoisotopic (exact) mass is 312 g/mol. The van der Waals surface area contributed by atoms with Crippen molar-refractivity contribution in [3.63, 3.8) is 0 Å². The van der Waals surface area contributed by atoms with E-state index in [1.807, 2.05) is 0 Å². The third-order valence-corrected chi connectivity index (χ3v) is 3.51. The highest BCUT2D eigenvalue weighted by Gasteiger charge is 2.17. The van der Waals surface area contributed by atoms with Gasteiger partial charge in [-0.05, 0) is 29.8 Å². The van der Waals surface area contributed by atoms with E-state index in [1.54, 1.807) is 43.5 Å². The van der Waals surface area contributed by atoms with Crippen LogP contribution in [0, 0.1) is 0 Å². The first kappa shape index (κ1) is 15.0. The molecule has 0 bridgehead atoms. The first-order valence-electron chi connectivity index (χ1n) is 5.91. The van der Waals surface area contributed by atoms with Crippen molar-refractivity contribution in [2.75, 3.05) is 14.2 Å². The number of hydrogen-bond acceptors (Lipinski definition) is 3. The Kier molecular flexibility index (Phi) is 4.76. The van der Waals surface area contributed by atoms with Crippen LogP contribution in [0.1, 0.15) is 17.2 Å². The Balaban J connectivity index is 2.40. The van der Waals surface area contributed by atoms with E-state index in [0.29, 0.717) is 32.7 Å². The van der Waals surface area contributed by atoms with E-state index in [0.717, 1.165) is 0 Å². The smallest absolute Gasteiger partial charge is 0.137 e. The zero-order valence-electron chi connectivity index (χ0n) is 11.1. The molecule has 2 rings (SSSR count). The van der Waals surface area contributed by atoms with Crippen LogP contribution in [0.25, 0.3) is 0 Å². The maximum Gasteiger partial charge on any atom is 0.137 e. The molecule has 0 saturated carbocycles. The topological polar surface area (TPSA) is 38.7 Å². The fourth-order valence-corrected chi connectivity index (χ4v) is 2.37. The van der Waals surface area contributed by atoms with Crippen molar-refractivity contribution in [3.8, 4) is 11.5 Å². The van der Waals surface area contributed by atoms with Gasteiger partial charge in [-0.1, -0.05) is 35.3 Å². The molecule has 2 aromatic carbocycles. The van der Waals surface area contributed by atoms with Gasteiger partial charge in [0.25, 0.3) is 0 Å². The second kappa shape index (κ2) is 6.35. The summed E-state index contributed by atoms with van der Waals surface area (Å²) in [7, 11) is 3.07. The summed E-state index contributed by atoms with van der Waals surface area (Å²) in [4.78, 5) is 0. The first-order valence-corrected chi connectivity index (χ1v) is 6.67. The predicted molar refractivity (Wildman–Crippen MR) is 80.1 cm³/mol. The summed E-state index contributed by atoms with van der Waals surface area (Å²) in [6, 6.07) is 10.2. The van der Waals surface area contributed by atoms with Crippen molar-refractivity contribution in [1.82, 2.24) is 0 Å². The van der Waals surface area contributed by atoms with E-state index in [2.05, 4.69) is 0 Å². The Bertz CT molecular complexity index is 614. The standard InChI is InChI=1S/C15H14Cl2O3/c1-19-13-6-3-9(7-12(13)17)15(18)11-5-4-10(16)8-14(11)20-2/h3-8,15,18H,1-2H3. The second-order valence-corrected chi connectivity index (χ2v) is 5.03. The molecular weight excluding hydrogens is 299 g/mol. The summed E-state index contributed by atoms with van der Waals surface area (Å²) in [5.41, 5.74) is 1.27. The van der Waals surface area contributed by atoms with Gasteiger partial charge in [0.1, 0.15) is 17.6 Å². The molecule has 0 amide bonds. The number of ether oxygens (including phenoxy) is 2. The molecule has 3 nitrogen and oxygen atoms in total. The average molecular weight is 313 g/mol. The molecule has 1 N–H and O–H groups in total. The van der Waals surface area contributed by atoms with Gasteiger partial charge in [0.05, 0.1) is 19.2 Å². The molecule has 0 aliphatic rings. The summed E-state index contributed by atoms with van der Waals surface area (Å²) in [6.45, 7) is 0. The van der Waals surface area contributed by atoms with Crippen LogP contribution in [0.5, 0.6) is 11.5 Å².